The maximum Gasteiger partial charge on any atom is 0.243 e. The topological polar surface area (TPSA) is 69.7 Å². The number of likely N-dealkylation sites (tertiary alicyclic amines) is 1. The van der Waals surface area contributed by atoms with E-state index < -0.39 is 33.6 Å². The number of hydrogen-bond donors (Lipinski definition) is 1. The first-order valence-corrected chi connectivity index (χ1v) is 12.0. The van der Waals surface area contributed by atoms with Crippen LogP contribution in [0.5, 0.6) is 0 Å². The van der Waals surface area contributed by atoms with Gasteiger partial charge in [-0.3, -0.25) is 14.0 Å². The second kappa shape index (κ2) is 9.74. The fourth-order valence-corrected chi connectivity index (χ4v) is 4.99. The van der Waals surface area contributed by atoms with Crippen LogP contribution in [0.3, 0.4) is 0 Å². The first-order valence-electron chi connectivity index (χ1n) is 10.2. The third-order valence-corrected chi connectivity index (χ3v) is 6.65. The molecule has 1 amide bonds. The van der Waals surface area contributed by atoms with Gasteiger partial charge >= 0.3 is 0 Å². The lowest BCUT2D eigenvalue weighted by atomic mass is 10.1. The van der Waals surface area contributed by atoms with Gasteiger partial charge in [0, 0.05) is 19.2 Å². The van der Waals surface area contributed by atoms with E-state index in [-0.39, 0.29) is 12.2 Å². The number of anilines is 1. The Labute approximate surface area is 181 Å². The van der Waals surface area contributed by atoms with Crippen molar-refractivity contribution in [3.05, 3.63) is 65.2 Å². The van der Waals surface area contributed by atoms with Crippen LogP contribution in [0.25, 0.3) is 0 Å². The molecule has 0 saturated carbocycles. The predicted octanol–water partition coefficient (Wildman–Crippen LogP) is 3.03. The summed E-state index contributed by atoms with van der Waals surface area (Å²) in [5, 5.41) is 2.78. The molecule has 6 nitrogen and oxygen atoms in total. The van der Waals surface area contributed by atoms with E-state index in [0.717, 1.165) is 59.5 Å². The number of benzene rings is 2. The first-order chi connectivity index (χ1) is 14.7. The SMILES string of the molecule is C[C@@H](C(=O)NCc1ccccc1CN1CCCC1)N(c1ccc(F)c(F)c1)S(C)(=O)=O. The first kappa shape index (κ1) is 23.1. The molecular formula is C22H27F2N3O3S. The molecule has 1 fully saturated rings. The Morgan fingerprint density at radius 2 is 1.74 bits per heavy atom. The molecular weight excluding hydrogens is 424 g/mol. The van der Waals surface area contributed by atoms with Crippen LogP contribution in [0.4, 0.5) is 14.5 Å². The van der Waals surface area contributed by atoms with Crippen molar-refractivity contribution in [2.24, 2.45) is 0 Å². The van der Waals surface area contributed by atoms with Crippen LogP contribution in [-0.4, -0.2) is 44.6 Å². The van der Waals surface area contributed by atoms with Crippen LogP contribution >= 0.6 is 0 Å². The van der Waals surface area contributed by atoms with Gasteiger partial charge in [0.25, 0.3) is 0 Å². The van der Waals surface area contributed by atoms with Crippen LogP contribution in [0.1, 0.15) is 30.9 Å². The monoisotopic (exact) mass is 451 g/mol. The molecule has 0 aliphatic carbocycles. The fraction of sp³-hybridized carbons (Fsp3) is 0.409. The van der Waals surface area contributed by atoms with Gasteiger partial charge in [-0.25, -0.2) is 17.2 Å². The molecule has 1 atom stereocenters. The van der Waals surface area contributed by atoms with Gasteiger partial charge in [-0.1, -0.05) is 24.3 Å². The molecule has 0 bridgehead atoms. The van der Waals surface area contributed by atoms with Crippen molar-refractivity contribution in [3.63, 3.8) is 0 Å². The number of sulfonamides is 1. The molecule has 0 radical (unpaired) electrons. The van der Waals surface area contributed by atoms with E-state index in [0.29, 0.717) is 0 Å². The molecule has 2 aromatic carbocycles. The van der Waals surface area contributed by atoms with Crippen molar-refractivity contribution >= 4 is 21.6 Å². The number of nitrogens with zero attached hydrogens (tertiary/aromatic N) is 2. The quantitative estimate of drug-likeness (QED) is 0.670. The summed E-state index contributed by atoms with van der Waals surface area (Å²) in [4.78, 5) is 15.1. The number of carbonyl (C=O) groups is 1. The number of amides is 1. The standard InChI is InChI=1S/C22H27F2N3O3S/c1-16(27(31(2,29)30)19-9-10-20(23)21(24)13-19)22(28)25-14-17-7-3-4-8-18(17)15-26-11-5-6-12-26/h3-4,7-10,13,16H,5-6,11-12,14-15H2,1-2H3,(H,25,28)/t16-/m0/s1. The third-order valence-electron chi connectivity index (χ3n) is 5.41. The highest BCUT2D eigenvalue weighted by atomic mass is 32.2. The summed E-state index contributed by atoms with van der Waals surface area (Å²) in [6, 6.07) is 9.39. The summed E-state index contributed by atoms with van der Waals surface area (Å²) in [6.07, 6.45) is 3.28. The molecule has 1 heterocycles. The van der Waals surface area contributed by atoms with Crippen LogP contribution in [0, 0.1) is 11.6 Å². The van der Waals surface area contributed by atoms with Crippen molar-refractivity contribution in [1.82, 2.24) is 10.2 Å². The summed E-state index contributed by atoms with van der Waals surface area (Å²) in [6.45, 7) is 4.55. The molecule has 2 aromatic rings. The van der Waals surface area contributed by atoms with Gasteiger partial charge in [0.15, 0.2) is 11.6 Å². The number of hydrogen-bond acceptors (Lipinski definition) is 4. The van der Waals surface area contributed by atoms with E-state index in [9.17, 15) is 22.0 Å². The second-order valence-corrected chi connectivity index (χ2v) is 9.66. The molecule has 9 heteroatoms. The molecule has 168 valence electrons. The molecule has 0 aromatic heterocycles. The third kappa shape index (κ3) is 5.80. The van der Waals surface area contributed by atoms with Crippen LogP contribution < -0.4 is 9.62 Å². The van der Waals surface area contributed by atoms with Crippen LogP contribution in [0.15, 0.2) is 42.5 Å². The maximum absolute atomic E-state index is 13.7. The van der Waals surface area contributed by atoms with E-state index >= 15 is 0 Å². The molecule has 1 saturated heterocycles. The fourth-order valence-electron chi connectivity index (χ4n) is 3.83. The van der Waals surface area contributed by atoms with Gasteiger partial charge < -0.3 is 5.32 Å². The minimum atomic E-state index is -3.92. The van der Waals surface area contributed by atoms with E-state index in [4.69, 9.17) is 0 Å². The van der Waals surface area contributed by atoms with Crippen LogP contribution in [0.2, 0.25) is 0 Å². The van der Waals surface area contributed by atoms with Gasteiger partial charge in [0.1, 0.15) is 6.04 Å². The lowest BCUT2D eigenvalue weighted by molar-refractivity contribution is -0.122. The van der Waals surface area contributed by atoms with Gasteiger partial charge in [-0.05, 0) is 56.1 Å². The summed E-state index contributed by atoms with van der Waals surface area (Å²) in [7, 11) is -3.92. The average Bonchev–Trinajstić information content (AvgIpc) is 3.22. The van der Waals surface area contributed by atoms with Crippen molar-refractivity contribution in [2.45, 2.75) is 38.9 Å². The van der Waals surface area contributed by atoms with Gasteiger partial charge in [-0.2, -0.15) is 0 Å². The Bertz CT molecular complexity index is 1040. The lowest BCUT2D eigenvalue weighted by Crippen LogP contribution is -2.47. The van der Waals surface area contributed by atoms with Gasteiger partial charge in [0.2, 0.25) is 15.9 Å². The Balaban J connectivity index is 1.73. The second-order valence-electron chi connectivity index (χ2n) is 7.80. The molecule has 0 unspecified atom stereocenters. The van der Waals surface area contributed by atoms with E-state index in [1.54, 1.807) is 0 Å². The normalized spacial score (nSPS) is 15.6. The van der Waals surface area contributed by atoms with Crippen LogP contribution in [-0.2, 0) is 27.9 Å². The Morgan fingerprint density at radius 3 is 2.35 bits per heavy atom. The average molecular weight is 452 g/mol. The van der Waals surface area contributed by atoms with E-state index in [1.165, 1.54) is 19.8 Å². The van der Waals surface area contributed by atoms with Gasteiger partial charge in [0.05, 0.1) is 11.9 Å². The van der Waals surface area contributed by atoms with Crippen molar-refractivity contribution in [1.29, 1.82) is 0 Å². The van der Waals surface area contributed by atoms with Crippen molar-refractivity contribution < 1.29 is 22.0 Å². The van der Waals surface area contributed by atoms with E-state index in [1.807, 2.05) is 24.3 Å². The van der Waals surface area contributed by atoms with Crippen molar-refractivity contribution in [3.8, 4) is 0 Å². The molecule has 1 aliphatic heterocycles. The largest absolute Gasteiger partial charge is 0.350 e. The Hall–Kier alpha value is -2.52. The molecule has 1 aliphatic rings. The summed E-state index contributed by atoms with van der Waals surface area (Å²) in [5.41, 5.74) is 1.95. The Kier molecular flexibility index (Phi) is 7.27. The van der Waals surface area contributed by atoms with Crippen molar-refractivity contribution in [2.75, 3.05) is 23.7 Å². The minimum absolute atomic E-state index is 0.113. The molecule has 3 rings (SSSR count). The predicted molar refractivity (Wildman–Crippen MR) is 116 cm³/mol. The van der Waals surface area contributed by atoms with Gasteiger partial charge in [-0.15, -0.1) is 0 Å². The Morgan fingerprint density at radius 1 is 1.10 bits per heavy atom. The lowest BCUT2D eigenvalue weighted by Gasteiger charge is -2.28. The minimum Gasteiger partial charge on any atom is -0.350 e. The number of rotatable bonds is 8. The zero-order chi connectivity index (χ0) is 22.6. The highest BCUT2D eigenvalue weighted by Crippen LogP contribution is 2.23. The number of halogens is 2. The zero-order valence-electron chi connectivity index (χ0n) is 17.6. The smallest absolute Gasteiger partial charge is 0.243 e. The summed E-state index contributed by atoms with van der Waals surface area (Å²) in [5.74, 6) is -2.82. The highest BCUT2D eigenvalue weighted by Gasteiger charge is 2.29. The number of carbonyl (C=O) groups excluding carboxylic acids is 1. The molecule has 31 heavy (non-hydrogen) atoms. The summed E-state index contributed by atoms with van der Waals surface area (Å²) < 4.78 is 52.4. The number of nitrogens with one attached hydrogen (secondary N) is 1. The zero-order valence-corrected chi connectivity index (χ0v) is 18.5. The van der Waals surface area contributed by atoms with E-state index in [2.05, 4.69) is 10.2 Å². The maximum atomic E-state index is 13.7. The molecule has 1 N–H and O–H groups in total. The molecule has 0 spiro atoms. The summed E-state index contributed by atoms with van der Waals surface area (Å²) >= 11 is 0. The highest BCUT2D eigenvalue weighted by molar-refractivity contribution is 7.92.